The Morgan fingerprint density at radius 1 is 1.20 bits per heavy atom. The van der Waals surface area contributed by atoms with Gasteiger partial charge >= 0.3 is 0 Å². The van der Waals surface area contributed by atoms with E-state index in [0.29, 0.717) is 37.0 Å². The maximum atomic E-state index is 13.0. The largest absolute Gasteiger partial charge is 0.391 e. The molecule has 4 heterocycles. The molecule has 0 aromatic carbocycles. The number of imidazole rings is 1. The van der Waals surface area contributed by atoms with Crippen LogP contribution in [-0.4, -0.2) is 60.5 Å². The molecule has 3 aromatic rings. The molecule has 2 fully saturated rings. The first-order chi connectivity index (χ1) is 14.6. The van der Waals surface area contributed by atoms with E-state index in [4.69, 9.17) is 0 Å². The van der Waals surface area contributed by atoms with Crippen LogP contribution in [0.1, 0.15) is 24.1 Å². The van der Waals surface area contributed by atoms with Gasteiger partial charge in [-0.3, -0.25) is 9.78 Å². The molecule has 1 amide bonds. The quantitative estimate of drug-likeness (QED) is 0.685. The molecule has 0 radical (unpaired) electrons. The molecule has 1 saturated carbocycles. The molecular weight excluding hydrogens is 380 g/mol. The van der Waals surface area contributed by atoms with Crippen molar-refractivity contribution in [1.82, 2.24) is 24.3 Å². The topological polar surface area (TPSA) is 95.7 Å². The number of hydrogen-bond donors (Lipinski definition) is 2. The summed E-state index contributed by atoms with van der Waals surface area (Å²) in [5, 5.41) is 13.9. The highest BCUT2D eigenvalue weighted by Gasteiger charge is 2.43. The number of aliphatic hydroxyl groups excluding tert-OH is 1. The number of rotatable bonds is 4. The van der Waals surface area contributed by atoms with Crippen molar-refractivity contribution >= 4 is 17.4 Å². The smallest absolute Gasteiger partial charge is 0.228 e. The van der Waals surface area contributed by atoms with Crippen LogP contribution in [0.3, 0.4) is 0 Å². The van der Waals surface area contributed by atoms with Crippen molar-refractivity contribution in [2.75, 3.05) is 18.4 Å². The molecule has 1 aliphatic carbocycles. The lowest BCUT2D eigenvalue weighted by Crippen LogP contribution is -2.43. The maximum Gasteiger partial charge on any atom is 0.228 e. The Morgan fingerprint density at radius 3 is 2.83 bits per heavy atom. The highest BCUT2D eigenvalue weighted by molar-refractivity contribution is 5.79. The summed E-state index contributed by atoms with van der Waals surface area (Å²) in [6.07, 6.45) is 10.1. The third-order valence-corrected chi connectivity index (χ3v) is 6.53. The zero-order valence-corrected chi connectivity index (χ0v) is 17.0. The minimum absolute atomic E-state index is 0.0697. The highest BCUT2D eigenvalue weighted by atomic mass is 16.3. The lowest BCUT2D eigenvalue weighted by molar-refractivity contribution is -0.129. The molecule has 2 aliphatic rings. The second kappa shape index (κ2) is 7.68. The van der Waals surface area contributed by atoms with Gasteiger partial charge in [0.25, 0.3) is 0 Å². The summed E-state index contributed by atoms with van der Waals surface area (Å²) >= 11 is 0. The van der Waals surface area contributed by atoms with Gasteiger partial charge in [0, 0.05) is 37.9 Å². The van der Waals surface area contributed by atoms with E-state index >= 15 is 0 Å². The number of nitrogens with one attached hydrogen (secondary N) is 1. The second-order valence-corrected chi connectivity index (χ2v) is 8.51. The molecule has 8 heteroatoms. The SMILES string of the molecule is Cc1cccn2c(CC(=O)N3C[C@H]4C[C@@H](Nc5cnccn5)[C@H](O)C[C@H]4C3)cnc12. The van der Waals surface area contributed by atoms with Gasteiger partial charge in [-0.1, -0.05) is 6.07 Å². The van der Waals surface area contributed by atoms with E-state index in [1.165, 1.54) is 0 Å². The van der Waals surface area contributed by atoms with Crippen LogP contribution < -0.4 is 5.32 Å². The zero-order chi connectivity index (χ0) is 20.7. The molecule has 0 unspecified atom stereocenters. The van der Waals surface area contributed by atoms with Gasteiger partial charge in [-0.25, -0.2) is 9.97 Å². The number of nitrogens with zero attached hydrogens (tertiary/aromatic N) is 5. The number of pyridine rings is 1. The molecule has 0 spiro atoms. The van der Waals surface area contributed by atoms with Crippen LogP contribution in [0.15, 0.2) is 43.1 Å². The van der Waals surface area contributed by atoms with E-state index in [1.54, 1.807) is 24.8 Å². The number of anilines is 1. The number of carbonyl (C=O) groups excluding carboxylic acids is 1. The van der Waals surface area contributed by atoms with Gasteiger partial charge in [-0.05, 0) is 43.2 Å². The van der Waals surface area contributed by atoms with Crippen LogP contribution in [0.25, 0.3) is 5.65 Å². The molecule has 30 heavy (non-hydrogen) atoms. The van der Waals surface area contributed by atoms with Crippen LogP contribution in [0.4, 0.5) is 5.82 Å². The third-order valence-electron chi connectivity index (χ3n) is 6.53. The van der Waals surface area contributed by atoms with Crippen LogP contribution in [0.2, 0.25) is 0 Å². The number of aryl methyl sites for hydroxylation is 1. The summed E-state index contributed by atoms with van der Waals surface area (Å²) in [6.45, 7) is 3.48. The average molecular weight is 406 g/mol. The fourth-order valence-electron chi connectivity index (χ4n) is 4.95. The van der Waals surface area contributed by atoms with Gasteiger partial charge < -0.3 is 19.7 Å². The Hall–Kier alpha value is -3.00. The summed E-state index contributed by atoms with van der Waals surface area (Å²) in [5.74, 6) is 1.53. The van der Waals surface area contributed by atoms with Crippen molar-refractivity contribution in [3.8, 4) is 0 Å². The van der Waals surface area contributed by atoms with Crippen molar-refractivity contribution in [2.24, 2.45) is 11.8 Å². The normalized spacial score (nSPS) is 26.0. The summed E-state index contributed by atoms with van der Waals surface area (Å²) in [6, 6.07) is 3.93. The number of aromatic nitrogens is 4. The Morgan fingerprint density at radius 2 is 2.03 bits per heavy atom. The predicted molar refractivity (Wildman–Crippen MR) is 112 cm³/mol. The molecule has 5 rings (SSSR count). The molecule has 8 nitrogen and oxygen atoms in total. The van der Waals surface area contributed by atoms with Gasteiger partial charge in [0.2, 0.25) is 5.91 Å². The van der Waals surface area contributed by atoms with Crippen LogP contribution in [-0.2, 0) is 11.2 Å². The van der Waals surface area contributed by atoms with E-state index in [1.807, 2.05) is 34.6 Å². The lowest BCUT2D eigenvalue weighted by Gasteiger charge is -2.35. The second-order valence-electron chi connectivity index (χ2n) is 8.51. The van der Waals surface area contributed by atoms with E-state index in [-0.39, 0.29) is 11.9 Å². The first-order valence-electron chi connectivity index (χ1n) is 10.5. The number of aliphatic hydroxyl groups is 1. The van der Waals surface area contributed by atoms with E-state index in [9.17, 15) is 9.90 Å². The molecule has 2 N–H and O–H groups in total. The van der Waals surface area contributed by atoms with Gasteiger partial charge in [0.1, 0.15) is 11.5 Å². The molecule has 1 saturated heterocycles. The van der Waals surface area contributed by atoms with E-state index in [2.05, 4.69) is 20.3 Å². The first kappa shape index (κ1) is 19.0. The lowest BCUT2D eigenvalue weighted by atomic mass is 9.77. The van der Waals surface area contributed by atoms with Crippen molar-refractivity contribution in [1.29, 1.82) is 0 Å². The maximum absolute atomic E-state index is 13.0. The number of carbonyl (C=O) groups is 1. The van der Waals surface area contributed by atoms with Crippen molar-refractivity contribution in [2.45, 2.75) is 38.3 Å². The van der Waals surface area contributed by atoms with Crippen molar-refractivity contribution in [3.05, 3.63) is 54.4 Å². The van der Waals surface area contributed by atoms with Crippen molar-refractivity contribution < 1.29 is 9.90 Å². The minimum atomic E-state index is -0.454. The Labute approximate surface area is 175 Å². The predicted octanol–water partition coefficient (Wildman–Crippen LogP) is 1.69. The van der Waals surface area contributed by atoms with Crippen molar-refractivity contribution in [3.63, 3.8) is 0 Å². The molecule has 3 aromatic heterocycles. The van der Waals surface area contributed by atoms with Gasteiger partial charge in [-0.2, -0.15) is 0 Å². The summed E-state index contributed by atoms with van der Waals surface area (Å²) < 4.78 is 2.00. The molecular formula is C22H26N6O2. The average Bonchev–Trinajstić information content (AvgIpc) is 3.34. The Bertz CT molecular complexity index is 1050. The summed E-state index contributed by atoms with van der Waals surface area (Å²) in [7, 11) is 0. The number of amides is 1. The molecule has 156 valence electrons. The van der Waals surface area contributed by atoms with E-state index < -0.39 is 6.10 Å². The van der Waals surface area contributed by atoms with Gasteiger partial charge in [0.15, 0.2) is 0 Å². The number of fused-ring (bicyclic) bond motifs is 2. The fourth-order valence-corrected chi connectivity index (χ4v) is 4.95. The third kappa shape index (κ3) is 3.52. The van der Waals surface area contributed by atoms with Crippen LogP contribution in [0.5, 0.6) is 0 Å². The zero-order valence-electron chi connectivity index (χ0n) is 17.0. The number of hydrogen-bond acceptors (Lipinski definition) is 6. The highest BCUT2D eigenvalue weighted by Crippen LogP contribution is 2.37. The Kier molecular flexibility index (Phi) is 4.86. The standard InChI is InChI=1S/C22H26N6O2/c1-14-3-2-6-28-17(10-25-22(14)28)9-21(30)27-12-15-7-18(19(29)8-16(15)13-27)26-20-11-23-4-5-24-20/h2-6,10-11,15-16,18-19,29H,7-9,12-13H2,1H3,(H,24,26)/t15-,16+,18-,19-/m1/s1. The van der Waals surface area contributed by atoms with E-state index in [0.717, 1.165) is 29.9 Å². The van der Waals surface area contributed by atoms with Gasteiger partial charge in [0.05, 0.1) is 30.5 Å². The molecule has 4 atom stereocenters. The monoisotopic (exact) mass is 406 g/mol. The molecule has 0 bridgehead atoms. The minimum Gasteiger partial charge on any atom is -0.391 e. The van der Waals surface area contributed by atoms with Gasteiger partial charge in [-0.15, -0.1) is 0 Å². The van der Waals surface area contributed by atoms with Crippen LogP contribution in [0, 0.1) is 18.8 Å². The van der Waals surface area contributed by atoms with Crippen LogP contribution >= 0.6 is 0 Å². The first-order valence-corrected chi connectivity index (χ1v) is 10.5. The summed E-state index contributed by atoms with van der Waals surface area (Å²) in [5.41, 5.74) is 2.91. The Balaban J connectivity index is 1.25. The fraction of sp³-hybridized carbons (Fsp3) is 0.455. The molecule has 1 aliphatic heterocycles. The summed E-state index contributed by atoms with van der Waals surface area (Å²) in [4.78, 5) is 27.8. The number of likely N-dealkylation sites (tertiary alicyclic amines) is 1.